The van der Waals surface area contributed by atoms with Crippen LogP contribution in [0.1, 0.15) is 277 Å². The lowest BCUT2D eigenvalue weighted by molar-refractivity contribution is -0.123. The second-order valence-electron chi connectivity index (χ2n) is 16.5. The molecule has 0 bridgehead atoms. The van der Waals surface area contributed by atoms with Crippen molar-refractivity contribution in [2.45, 2.75) is 289 Å². The Morgan fingerprint density at radius 3 is 0.882 bits per heavy atom. The molecule has 0 heterocycles. The molecule has 2 atom stereocenters. The third-order valence-electron chi connectivity index (χ3n) is 11.4. The van der Waals surface area contributed by atoms with Crippen LogP contribution >= 0.6 is 0 Å². The van der Waals surface area contributed by atoms with Gasteiger partial charge in [-0.2, -0.15) is 0 Å². The lowest BCUT2D eigenvalue weighted by Crippen LogP contribution is -2.45. The Labute approximate surface area is 321 Å². The molecule has 306 valence electrons. The molecule has 0 radical (unpaired) electrons. The number of nitrogens with one attached hydrogen (secondary N) is 1. The van der Waals surface area contributed by atoms with Gasteiger partial charge in [0.15, 0.2) is 0 Å². The summed E-state index contributed by atoms with van der Waals surface area (Å²) in [6.07, 6.45) is 53.3. The number of unbranched alkanes of at least 4 members (excludes halogenated alkanes) is 37. The maximum absolute atomic E-state index is 12.4. The summed E-state index contributed by atoms with van der Waals surface area (Å²) in [5.41, 5.74) is 0. The Hall–Kier alpha value is -0.610. The van der Waals surface area contributed by atoms with E-state index in [1.54, 1.807) is 0 Å². The summed E-state index contributed by atoms with van der Waals surface area (Å²) >= 11 is 0. The van der Waals surface area contributed by atoms with Gasteiger partial charge in [-0.15, -0.1) is 0 Å². The van der Waals surface area contributed by atoms with Gasteiger partial charge in [-0.3, -0.25) is 4.79 Å². The van der Waals surface area contributed by atoms with Crippen LogP contribution in [0.4, 0.5) is 0 Å². The summed E-state index contributed by atoms with van der Waals surface area (Å²) in [6, 6.07) is -0.529. The zero-order valence-corrected chi connectivity index (χ0v) is 35.2. The van der Waals surface area contributed by atoms with E-state index in [2.05, 4.69) is 19.2 Å². The fourth-order valence-electron chi connectivity index (χ4n) is 7.72. The highest BCUT2D eigenvalue weighted by Crippen LogP contribution is 2.17. The topological polar surface area (TPSA) is 69.6 Å². The van der Waals surface area contributed by atoms with Crippen molar-refractivity contribution in [1.82, 2.24) is 5.32 Å². The Balaban J connectivity index is 3.44. The van der Waals surface area contributed by atoms with Crippen LogP contribution in [0, 0.1) is 0 Å². The largest absolute Gasteiger partial charge is 0.394 e. The number of hydrogen-bond donors (Lipinski definition) is 3. The highest BCUT2D eigenvalue weighted by Gasteiger charge is 2.20. The summed E-state index contributed by atoms with van der Waals surface area (Å²) in [4.78, 5) is 12.4. The molecule has 0 aromatic carbocycles. The molecule has 4 nitrogen and oxygen atoms in total. The lowest BCUT2D eigenvalue weighted by Gasteiger charge is -2.22. The summed E-state index contributed by atoms with van der Waals surface area (Å²) in [6.45, 7) is 4.39. The summed E-state index contributed by atoms with van der Waals surface area (Å²) in [7, 11) is 0. The van der Waals surface area contributed by atoms with Crippen LogP contribution in [-0.2, 0) is 4.79 Å². The van der Waals surface area contributed by atoms with E-state index in [-0.39, 0.29) is 12.5 Å². The molecular weight excluding hydrogens is 627 g/mol. The summed E-state index contributed by atoms with van der Waals surface area (Å²) in [5.74, 6) is -0.0243. The SMILES string of the molecule is CCCCCCCCCCCCCCCCCCCCCCCC(=O)NC(CO)C(O)CCCCCCCCCCCCCCCCCCCC. The van der Waals surface area contributed by atoms with Crippen molar-refractivity contribution in [1.29, 1.82) is 0 Å². The van der Waals surface area contributed by atoms with E-state index in [4.69, 9.17) is 0 Å². The van der Waals surface area contributed by atoms with Crippen LogP contribution in [0.5, 0.6) is 0 Å². The normalized spacial score (nSPS) is 12.8. The quantitative estimate of drug-likeness (QED) is 0.0549. The van der Waals surface area contributed by atoms with Gasteiger partial charge in [0.2, 0.25) is 5.91 Å². The van der Waals surface area contributed by atoms with Crippen LogP contribution in [0.25, 0.3) is 0 Å². The number of carbonyl (C=O) groups is 1. The average Bonchev–Trinajstić information content (AvgIpc) is 3.13. The van der Waals surface area contributed by atoms with E-state index in [1.807, 2.05) is 0 Å². The molecule has 0 aromatic rings. The zero-order valence-electron chi connectivity index (χ0n) is 35.2. The maximum atomic E-state index is 12.4. The first-order chi connectivity index (χ1) is 25.2. The van der Waals surface area contributed by atoms with Crippen molar-refractivity contribution in [3.05, 3.63) is 0 Å². The maximum Gasteiger partial charge on any atom is 0.220 e. The number of hydrogen-bond acceptors (Lipinski definition) is 3. The van der Waals surface area contributed by atoms with Crippen molar-refractivity contribution in [3.8, 4) is 0 Å². The number of carbonyl (C=O) groups excluding carboxylic acids is 1. The van der Waals surface area contributed by atoms with E-state index in [0.29, 0.717) is 12.8 Å². The van der Waals surface area contributed by atoms with E-state index in [9.17, 15) is 15.0 Å². The molecule has 3 N–H and O–H groups in total. The Bertz CT molecular complexity index is 655. The first-order valence-corrected chi connectivity index (χ1v) is 23.7. The zero-order chi connectivity index (χ0) is 37.1. The third-order valence-corrected chi connectivity index (χ3v) is 11.4. The summed E-state index contributed by atoms with van der Waals surface area (Å²) < 4.78 is 0. The predicted molar refractivity (Wildman–Crippen MR) is 226 cm³/mol. The smallest absolute Gasteiger partial charge is 0.220 e. The van der Waals surface area contributed by atoms with Crippen molar-refractivity contribution >= 4 is 5.91 Å². The van der Waals surface area contributed by atoms with Gasteiger partial charge in [0, 0.05) is 6.42 Å². The lowest BCUT2D eigenvalue weighted by atomic mass is 10.0. The average molecular weight is 722 g/mol. The second-order valence-corrected chi connectivity index (χ2v) is 16.5. The van der Waals surface area contributed by atoms with Gasteiger partial charge in [0.25, 0.3) is 0 Å². The minimum absolute atomic E-state index is 0.0243. The Morgan fingerprint density at radius 2 is 0.627 bits per heavy atom. The minimum atomic E-state index is -0.653. The van der Waals surface area contributed by atoms with Crippen LogP contribution in [-0.4, -0.2) is 34.9 Å². The summed E-state index contributed by atoms with van der Waals surface area (Å²) in [5, 5.41) is 23.2. The van der Waals surface area contributed by atoms with Crippen LogP contribution in [0.2, 0.25) is 0 Å². The Morgan fingerprint density at radius 1 is 0.392 bits per heavy atom. The van der Waals surface area contributed by atoms with E-state index >= 15 is 0 Å². The minimum Gasteiger partial charge on any atom is -0.394 e. The van der Waals surface area contributed by atoms with E-state index in [0.717, 1.165) is 25.7 Å². The van der Waals surface area contributed by atoms with Gasteiger partial charge in [-0.25, -0.2) is 0 Å². The van der Waals surface area contributed by atoms with Gasteiger partial charge in [0.1, 0.15) is 0 Å². The van der Waals surface area contributed by atoms with Crippen LogP contribution in [0.3, 0.4) is 0 Å². The Kier molecular flexibility index (Phi) is 43.3. The fourth-order valence-corrected chi connectivity index (χ4v) is 7.72. The van der Waals surface area contributed by atoms with Gasteiger partial charge in [0.05, 0.1) is 18.8 Å². The molecule has 4 heteroatoms. The highest BCUT2D eigenvalue weighted by atomic mass is 16.3. The molecule has 0 aliphatic carbocycles. The second kappa shape index (κ2) is 43.8. The molecule has 0 saturated heterocycles. The molecule has 0 spiro atoms. The van der Waals surface area contributed by atoms with Gasteiger partial charge >= 0.3 is 0 Å². The number of aliphatic hydroxyl groups is 2. The molecule has 2 unspecified atom stereocenters. The molecule has 0 saturated carbocycles. The molecule has 0 aliphatic heterocycles. The molecular formula is C47H95NO3. The highest BCUT2D eigenvalue weighted by molar-refractivity contribution is 5.76. The van der Waals surface area contributed by atoms with Crippen molar-refractivity contribution in [2.75, 3.05) is 6.61 Å². The van der Waals surface area contributed by atoms with Crippen molar-refractivity contribution in [2.24, 2.45) is 0 Å². The number of rotatable bonds is 44. The van der Waals surface area contributed by atoms with E-state index in [1.165, 1.54) is 225 Å². The molecule has 0 aromatic heterocycles. The van der Waals surface area contributed by atoms with Gasteiger partial charge in [-0.05, 0) is 12.8 Å². The molecule has 0 rings (SSSR count). The third kappa shape index (κ3) is 40.4. The van der Waals surface area contributed by atoms with E-state index < -0.39 is 12.1 Å². The molecule has 51 heavy (non-hydrogen) atoms. The predicted octanol–water partition coefficient (Wildman–Crippen LogP) is 14.9. The fraction of sp³-hybridized carbons (Fsp3) is 0.979. The number of aliphatic hydroxyl groups excluding tert-OH is 2. The van der Waals surface area contributed by atoms with Crippen molar-refractivity contribution < 1.29 is 15.0 Å². The van der Waals surface area contributed by atoms with Crippen LogP contribution < -0.4 is 5.32 Å². The first-order valence-electron chi connectivity index (χ1n) is 23.7. The molecule has 1 amide bonds. The van der Waals surface area contributed by atoms with Gasteiger partial charge < -0.3 is 15.5 Å². The van der Waals surface area contributed by atoms with Crippen molar-refractivity contribution in [3.63, 3.8) is 0 Å². The van der Waals surface area contributed by atoms with Crippen LogP contribution in [0.15, 0.2) is 0 Å². The van der Waals surface area contributed by atoms with Gasteiger partial charge in [-0.1, -0.05) is 258 Å². The standard InChI is InChI=1S/C47H95NO3/c1-3-5-7-9-11-13-15-17-19-21-23-24-25-27-29-31-33-35-37-39-41-43-47(51)48-45(44-49)46(50)42-40-38-36-34-32-30-28-26-22-20-18-16-14-12-10-8-6-4-2/h45-46,49-50H,3-44H2,1-2H3,(H,48,51). The number of amides is 1. The molecule has 0 fully saturated rings. The monoisotopic (exact) mass is 722 g/mol. The molecule has 0 aliphatic rings. The first kappa shape index (κ1) is 50.4.